The molecule has 2 rings (SSSR count). The number of hydrogen-bond acceptors (Lipinski definition) is 4. The summed E-state index contributed by atoms with van der Waals surface area (Å²) in [5.41, 5.74) is 3.60. The van der Waals surface area contributed by atoms with E-state index in [9.17, 15) is 4.79 Å². The molecule has 1 aromatic rings. The minimum Gasteiger partial charge on any atom is -0.338 e. The van der Waals surface area contributed by atoms with Crippen LogP contribution in [0.15, 0.2) is 18.3 Å². The molecule has 5 heteroatoms. The maximum atomic E-state index is 12.2. The number of hydrogen-bond donors (Lipinski definition) is 2. The summed E-state index contributed by atoms with van der Waals surface area (Å²) >= 11 is 0. The molecule has 1 saturated heterocycles. The third-order valence-electron chi connectivity index (χ3n) is 4.14. The first-order chi connectivity index (χ1) is 9.60. The summed E-state index contributed by atoms with van der Waals surface area (Å²) in [7, 11) is 0. The van der Waals surface area contributed by atoms with Gasteiger partial charge in [0.05, 0.1) is 0 Å². The van der Waals surface area contributed by atoms with Gasteiger partial charge in [-0.25, -0.2) is 10.8 Å². The van der Waals surface area contributed by atoms with Gasteiger partial charge in [-0.1, -0.05) is 13.8 Å². The van der Waals surface area contributed by atoms with E-state index in [2.05, 4.69) is 24.3 Å². The number of nitrogens with two attached hydrogens (primary N) is 1. The molecule has 1 unspecified atom stereocenters. The van der Waals surface area contributed by atoms with E-state index in [0.717, 1.165) is 24.9 Å². The second kappa shape index (κ2) is 6.70. The summed E-state index contributed by atoms with van der Waals surface area (Å²) in [4.78, 5) is 18.3. The van der Waals surface area contributed by atoms with Crippen molar-refractivity contribution in [2.24, 2.45) is 17.7 Å². The topological polar surface area (TPSA) is 71.2 Å². The Morgan fingerprint density at radius 3 is 3.00 bits per heavy atom. The number of anilines is 1. The van der Waals surface area contributed by atoms with Crippen LogP contribution in [0.2, 0.25) is 0 Å². The smallest absolute Gasteiger partial charge is 0.222 e. The first kappa shape index (κ1) is 14.8. The van der Waals surface area contributed by atoms with Crippen molar-refractivity contribution in [1.29, 1.82) is 0 Å². The zero-order chi connectivity index (χ0) is 14.5. The molecule has 1 aliphatic rings. The van der Waals surface area contributed by atoms with Crippen molar-refractivity contribution in [2.45, 2.75) is 39.7 Å². The number of carbonyl (C=O) groups is 1. The first-order valence-electron chi connectivity index (χ1n) is 7.29. The maximum absolute atomic E-state index is 12.2. The van der Waals surface area contributed by atoms with Crippen molar-refractivity contribution < 1.29 is 4.79 Å². The molecule has 1 aromatic heterocycles. The summed E-state index contributed by atoms with van der Waals surface area (Å²) < 4.78 is 0. The highest BCUT2D eigenvalue weighted by Crippen LogP contribution is 2.26. The van der Waals surface area contributed by atoms with Gasteiger partial charge in [0, 0.05) is 25.7 Å². The molecule has 1 aliphatic heterocycles. The first-order valence-corrected chi connectivity index (χ1v) is 7.29. The van der Waals surface area contributed by atoms with Gasteiger partial charge in [-0.15, -0.1) is 0 Å². The number of carbonyl (C=O) groups excluding carboxylic acids is 1. The fourth-order valence-corrected chi connectivity index (χ4v) is 2.76. The van der Waals surface area contributed by atoms with Crippen molar-refractivity contribution in [1.82, 2.24) is 9.88 Å². The highest BCUT2D eigenvalue weighted by atomic mass is 16.2. The fourth-order valence-electron chi connectivity index (χ4n) is 2.76. The molecule has 0 aromatic carbocycles. The van der Waals surface area contributed by atoms with E-state index in [-0.39, 0.29) is 5.91 Å². The number of nitrogen functional groups attached to an aromatic ring is 1. The van der Waals surface area contributed by atoms with E-state index in [1.807, 2.05) is 17.0 Å². The number of rotatable bonds is 4. The molecular formula is C15H24N4O. The Bertz CT molecular complexity index is 461. The number of amides is 1. The van der Waals surface area contributed by atoms with Gasteiger partial charge in [-0.3, -0.25) is 4.79 Å². The van der Waals surface area contributed by atoms with Crippen LogP contribution in [0.25, 0.3) is 0 Å². The lowest BCUT2D eigenvalue weighted by Crippen LogP contribution is -2.30. The third kappa shape index (κ3) is 3.70. The Kier molecular flexibility index (Phi) is 4.95. The van der Waals surface area contributed by atoms with Gasteiger partial charge in [0.2, 0.25) is 5.91 Å². The van der Waals surface area contributed by atoms with Gasteiger partial charge in [0.25, 0.3) is 0 Å². The van der Waals surface area contributed by atoms with Crippen LogP contribution in [0.4, 0.5) is 5.82 Å². The number of aromatic nitrogens is 1. The van der Waals surface area contributed by atoms with Gasteiger partial charge in [0.15, 0.2) is 0 Å². The van der Waals surface area contributed by atoms with Crippen LogP contribution in [0.5, 0.6) is 0 Å². The quantitative estimate of drug-likeness (QED) is 0.653. The molecule has 0 bridgehead atoms. The van der Waals surface area contributed by atoms with Crippen molar-refractivity contribution in [3.63, 3.8) is 0 Å². The van der Waals surface area contributed by atoms with E-state index >= 15 is 0 Å². The van der Waals surface area contributed by atoms with Crippen molar-refractivity contribution >= 4 is 11.7 Å². The Hall–Kier alpha value is -1.62. The molecule has 110 valence electrons. The molecule has 0 spiro atoms. The molecule has 5 nitrogen and oxygen atoms in total. The molecule has 20 heavy (non-hydrogen) atoms. The third-order valence-corrected chi connectivity index (χ3v) is 4.14. The van der Waals surface area contributed by atoms with Crippen LogP contribution in [0.1, 0.15) is 38.7 Å². The van der Waals surface area contributed by atoms with Crippen LogP contribution >= 0.6 is 0 Å². The largest absolute Gasteiger partial charge is 0.338 e. The average molecular weight is 276 g/mol. The summed E-state index contributed by atoms with van der Waals surface area (Å²) in [5, 5.41) is 0. The lowest BCUT2D eigenvalue weighted by molar-refractivity contribution is -0.131. The van der Waals surface area contributed by atoms with Crippen molar-refractivity contribution in [3.05, 3.63) is 23.9 Å². The molecule has 0 aliphatic carbocycles. The van der Waals surface area contributed by atoms with Crippen LogP contribution < -0.4 is 11.3 Å². The monoisotopic (exact) mass is 276 g/mol. The van der Waals surface area contributed by atoms with E-state index in [1.54, 1.807) is 6.20 Å². The number of hydrazine groups is 1. The minimum absolute atomic E-state index is 0.257. The lowest BCUT2D eigenvalue weighted by Gasteiger charge is -2.22. The molecule has 2 heterocycles. The lowest BCUT2D eigenvalue weighted by atomic mass is 9.89. The van der Waals surface area contributed by atoms with Gasteiger partial charge in [-0.2, -0.15) is 0 Å². The highest BCUT2D eigenvalue weighted by Gasteiger charge is 2.24. The zero-order valence-electron chi connectivity index (χ0n) is 12.3. The molecule has 1 fully saturated rings. The standard InChI is InChI=1S/C15H24N4O/c1-11(2)13-3-4-15(20)19(8-6-13)10-12-5-7-17-14(9-12)18-16/h5,7,9,11,13H,3-4,6,8,10,16H2,1-2H3,(H,17,18). The van der Waals surface area contributed by atoms with E-state index in [1.165, 1.54) is 0 Å². The number of nitrogens with one attached hydrogen (secondary N) is 1. The Morgan fingerprint density at radius 1 is 1.50 bits per heavy atom. The normalized spacial score (nSPS) is 20.1. The van der Waals surface area contributed by atoms with Gasteiger partial charge in [0.1, 0.15) is 5.82 Å². The van der Waals surface area contributed by atoms with Crippen LogP contribution in [0, 0.1) is 11.8 Å². The van der Waals surface area contributed by atoms with Crippen LogP contribution in [-0.2, 0) is 11.3 Å². The minimum atomic E-state index is 0.257. The summed E-state index contributed by atoms with van der Waals surface area (Å²) in [6, 6.07) is 3.82. The summed E-state index contributed by atoms with van der Waals surface area (Å²) in [6.45, 7) is 5.97. The Morgan fingerprint density at radius 2 is 2.30 bits per heavy atom. The number of nitrogens with zero attached hydrogens (tertiary/aromatic N) is 2. The second-order valence-corrected chi connectivity index (χ2v) is 5.84. The molecule has 0 radical (unpaired) electrons. The molecule has 3 N–H and O–H groups in total. The van der Waals surface area contributed by atoms with Gasteiger partial charge < -0.3 is 10.3 Å². The van der Waals surface area contributed by atoms with Gasteiger partial charge >= 0.3 is 0 Å². The highest BCUT2D eigenvalue weighted by molar-refractivity contribution is 5.76. The molecule has 1 amide bonds. The van der Waals surface area contributed by atoms with E-state index in [0.29, 0.717) is 30.6 Å². The van der Waals surface area contributed by atoms with E-state index in [4.69, 9.17) is 5.84 Å². The maximum Gasteiger partial charge on any atom is 0.222 e. The summed E-state index contributed by atoms with van der Waals surface area (Å²) in [5.74, 6) is 7.55. The van der Waals surface area contributed by atoms with Gasteiger partial charge in [-0.05, 0) is 42.4 Å². The number of likely N-dealkylation sites (tertiary alicyclic amines) is 1. The fraction of sp³-hybridized carbons (Fsp3) is 0.600. The number of pyridine rings is 1. The Labute approximate surface area is 120 Å². The summed E-state index contributed by atoms with van der Waals surface area (Å²) in [6.07, 6.45) is 4.48. The Balaban J connectivity index is 2.02. The second-order valence-electron chi connectivity index (χ2n) is 5.84. The van der Waals surface area contributed by atoms with Crippen LogP contribution in [-0.4, -0.2) is 22.3 Å². The molecular weight excluding hydrogens is 252 g/mol. The average Bonchev–Trinajstić information content (AvgIpc) is 2.62. The van der Waals surface area contributed by atoms with E-state index < -0.39 is 0 Å². The van der Waals surface area contributed by atoms with Crippen LogP contribution in [0.3, 0.4) is 0 Å². The van der Waals surface area contributed by atoms with Crippen molar-refractivity contribution in [2.75, 3.05) is 12.0 Å². The predicted molar refractivity (Wildman–Crippen MR) is 79.6 cm³/mol. The molecule has 1 atom stereocenters. The SMILES string of the molecule is CC(C)C1CCC(=O)N(Cc2ccnc(NN)c2)CC1. The van der Waals surface area contributed by atoms with Crippen molar-refractivity contribution in [3.8, 4) is 0 Å². The predicted octanol–water partition coefficient (Wildman–Crippen LogP) is 2.15. The zero-order valence-corrected chi connectivity index (χ0v) is 12.3. The molecule has 0 saturated carbocycles.